The van der Waals surface area contributed by atoms with Crippen molar-refractivity contribution in [3.63, 3.8) is 0 Å². The second-order valence-electron chi connectivity index (χ2n) is 8.88. The number of nitrogens with zero attached hydrogens (tertiary/aromatic N) is 6. The van der Waals surface area contributed by atoms with E-state index in [4.69, 9.17) is 20.0 Å². The molecular weight excluding hydrogens is 454 g/mol. The molecule has 35 heavy (non-hydrogen) atoms. The highest BCUT2D eigenvalue weighted by Crippen LogP contribution is 2.35. The zero-order valence-corrected chi connectivity index (χ0v) is 21.3. The Morgan fingerprint density at radius 3 is 2.77 bits per heavy atom. The third kappa shape index (κ3) is 6.37. The van der Waals surface area contributed by atoms with Crippen molar-refractivity contribution >= 4 is 22.9 Å². The van der Waals surface area contributed by atoms with Crippen LogP contribution in [0, 0.1) is 0 Å². The fourth-order valence-corrected chi connectivity index (χ4v) is 4.26. The Bertz CT molecular complexity index is 985. The molecule has 12 nitrogen and oxygen atoms in total. The molecular formula is C23H39N7O5. The molecule has 0 aliphatic carbocycles. The summed E-state index contributed by atoms with van der Waals surface area (Å²) in [7, 11) is 2.04. The van der Waals surface area contributed by atoms with Crippen LogP contribution in [-0.4, -0.2) is 91.7 Å². The number of imidazole rings is 1. The van der Waals surface area contributed by atoms with E-state index in [0.29, 0.717) is 48.9 Å². The standard InChI is InChI=1S/C23H39N7O5/c1-6-17-27-18-21(24)25-13-26-22(18)30(17)23-20(32)19(31)16(35-23)12-14(3)29(5)10-8-9-11-34-28-15(4)33-7-2/h13-14,16,19-20,23,31-32H,6-12H2,1-5H3,(H2,24,25,26)/b28-15-/t14?,16-,19-,20-,23-/m1/s1. The molecule has 2 aromatic rings. The minimum absolute atomic E-state index is 0.128. The number of aromatic nitrogens is 4. The molecule has 1 aliphatic heterocycles. The highest BCUT2D eigenvalue weighted by molar-refractivity contribution is 5.82. The molecule has 0 bridgehead atoms. The third-order valence-corrected chi connectivity index (χ3v) is 6.35. The molecule has 196 valence electrons. The first kappa shape index (κ1) is 27.1. The first-order valence-electron chi connectivity index (χ1n) is 12.3. The number of aryl methyl sites for hydroxylation is 1. The van der Waals surface area contributed by atoms with Crippen LogP contribution >= 0.6 is 0 Å². The van der Waals surface area contributed by atoms with Crippen molar-refractivity contribution in [2.45, 2.75) is 84.0 Å². The number of fused-ring (bicyclic) bond motifs is 1. The van der Waals surface area contributed by atoms with Crippen LogP contribution in [0.1, 0.15) is 59.0 Å². The van der Waals surface area contributed by atoms with E-state index in [1.165, 1.54) is 6.33 Å². The molecule has 1 unspecified atom stereocenters. The van der Waals surface area contributed by atoms with Crippen LogP contribution in [-0.2, 0) is 20.7 Å². The predicted molar refractivity (Wildman–Crippen MR) is 132 cm³/mol. The Balaban J connectivity index is 1.55. The lowest BCUT2D eigenvalue weighted by atomic mass is 10.0. The van der Waals surface area contributed by atoms with Gasteiger partial charge in [-0.05, 0) is 46.7 Å². The van der Waals surface area contributed by atoms with Gasteiger partial charge in [0.05, 0.1) is 12.7 Å². The molecule has 0 amide bonds. The Labute approximate surface area is 206 Å². The Hall–Kier alpha value is -2.54. The van der Waals surface area contributed by atoms with Crippen molar-refractivity contribution in [3.05, 3.63) is 12.2 Å². The molecule has 3 rings (SSSR count). The summed E-state index contributed by atoms with van der Waals surface area (Å²) in [5, 5.41) is 25.5. The van der Waals surface area contributed by atoms with Gasteiger partial charge in [-0.15, -0.1) is 0 Å². The number of hydrogen-bond acceptors (Lipinski definition) is 11. The maximum atomic E-state index is 10.9. The normalized spacial score (nSPS) is 23.8. The molecule has 2 aromatic heterocycles. The summed E-state index contributed by atoms with van der Waals surface area (Å²) in [6.07, 6.45) is 0.818. The molecule has 0 spiro atoms. The number of nitrogen functional groups attached to an aromatic ring is 1. The van der Waals surface area contributed by atoms with E-state index >= 15 is 0 Å². The van der Waals surface area contributed by atoms with E-state index in [9.17, 15) is 10.2 Å². The zero-order chi connectivity index (χ0) is 25.5. The van der Waals surface area contributed by atoms with Gasteiger partial charge in [0.2, 0.25) is 5.90 Å². The van der Waals surface area contributed by atoms with E-state index in [1.807, 2.05) is 20.9 Å². The minimum Gasteiger partial charge on any atom is -0.479 e. The molecule has 0 radical (unpaired) electrons. The van der Waals surface area contributed by atoms with Crippen molar-refractivity contribution in [2.24, 2.45) is 5.16 Å². The molecule has 5 atom stereocenters. The Morgan fingerprint density at radius 2 is 2.06 bits per heavy atom. The number of oxime groups is 1. The van der Waals surface area contributed by atoms with Gasteiger partial charge in [0.15, 0.2) is 23.2 Å². The topological polar surface area (TPSA) is 153 Å². The molecule has 0 aromatic carbocycles. The number of aliphatic hydroxyl groups is 2. The van der Waals surface area contributed by atoms with Crippen LogP contribution < -0.4 is 5.73 Å². The van der Waals surface area contributed by atoms with Gasteiger partial charge in [-0.1, -0.05) is 12.1 Å². The average Bonchev–Trinajstić information content (AvgIpc) is 3.34. The summed E-state index contributed by atoms with van der Waals surface area (Å²) in [6, 6.07) is 0.128. The number of anilines is 1. The molecule has 12 heteroatoms. The zero-order valence-electron chi connectivity index (χ0n) is 21.3. The summed E-state index contributed by atoms with van der Waals surface area (Å²) >= 11 is 0. The average molecular weight is 494 g/mol. The fourth-order valence-electron chi connectivity index (χ4n) is 4.26. The minimum atomic E-state index is -1.12. The van der Waals surface area contributed by atoms with Gasteiger partial charge in [0.25, 0.3) is 0 Å². The van der Waals surface area contributed by atoms with Crippen LogP contribution in [0.3, 0.4) is 0 Å². The molecule has 4 N–H and O–H groups in total. The van der Waals surface area contributed by atoms with Gasteiger partial charge in [-0.25, -0.2) is 15.0 Å². The van der Waals surface area contributed by atoms with Crippen molar-refractivity contribution < 1.29 is 24.5 Å². The lowest BCUT2D eigenvalue weighted by Crippen LogP contribution is -2.38. The summed E-state index contributed by atoms with van der Waals surface area (Å²) in [6.45, 7) is 9.65. The van der Waals surface area contributed by atoms with Crippen molar-refractivity contribution in [1.82, 2.24) is 24.4 Å². The van der Waals surface area contributed by atoms with Crippen LogP contribution in [0.5, 0.6) is 0 Å². The number of ether oxygens (including phenoxy) is 2. The molecule has 3 heterocycles. The van der Waals surface area contributed by atoms with Crippen LogP contribution in [0.2, 0.25) is 0 Å². The SMILES string of the molecule is CCO/C(C)=N\OCCCCN(C)C(C)C[C@H]1O[C@@H](n2c(CC)nc3c(N)ncnc32)[C@H](O)[C@@H]1O. The smallest absolute Gasteiger partial charge is 0.222 e. The second-order valence-corrected chi connectivity index (χ2v) is 8.88. The summed E-state index contributed by atoms with van der Waals surface area (Å²) in [5.74, 6) is 1.46. The summed E-state index contributed by atoms with van der Waals surface area (Å²) < 4.78 is 13.1. The maximum Gasteiger partial charge on any atom is 0.222 e. The molecule has 1 aliphatic rings. The van der Waals surface area contributed by atoms with E-state index in [1.54, 1.807) is 11.5 Å². The second kappa shape index (κ2) is 12.4. The van der Waals surface area contributed by atoms with E-state index < -0.39 is 24.5 Å². The Kier molecular flexibility index (Phi) is 9.61. The highest BCUT2D eigenvalue weighted by atomic mass is 16.6. The quantitative estimate of drug-likeness (QED) is 0.171. The summed E-state index contributed by atoms with van der Waals surface area (Å²) in [4.78, 5) is 20.3. The van der Waals surface area contributed by atoms with Gasteiger partial charge in [-0.3, -0.25) is 4.57 Å². The Morgan fingerprint density at radius 1 is 1.29 bits per heavy atom. The number of rotatable bonds is 12. The predicted octanol–water partition coefficient (Wildman–Crippen LogP) is 1.47. The van der Waals surface area contributed by atoms with Crippen LogP contribution in [0.25, 0.3) is 11.2 Å². The number of aliphatic hydroxyl groups excluding tert-OH is 2. The van der Waals surface area contributed by atoms with Gasteiger partial charge < -0.3 is 35.2 Å². The first-order chi connectivity index (χ1) is 16.8. The van der Waals surface area contributed by atoms with Gasteiger partial charge in [-0.2, -0.15) is 0 Å². The monoisotopic (exact) mass is 493 g/mol. The maximum absolute atomic E-state index is 10.9. The number of nitrogens with two attached hydrogens (primary N) is 1. The number of unbranched alkanes of at least 4 members (excludes halogenated alkanes) is 1. The van der Waals surface area contributed by atoms with E-state index in [0.717, 1.165) is 19.4 Å². The molecule has 0 saturated carbocycles. The van der Waals surface area contributed by atoms with E-state index in [2.05, 4.69) is 31.9 Å². The van der Waals surface area contributed by atoms with Gasteiger partial charge >= 0.3 is 0 Å². The first-order valence-corrected chi connectivity index (χ1v) is 12.3. The number of hydrogen-bond donors (Lipinski definition) is 3. The van der Waals surface area contributed by atoms with Crippen molar-refractivity contribution in [3.8, 4) is 0 Å². The molecule has 1 fully saturated rings. The van der Waals surface area contributed by atoms with E-state index in [-0.39, 0.29) is 11.9 Å². The van der Waals surface area contributed by atoms with Crippen molar-refractivity contribution in [2.75, 3.05) is 32.5 Å². The third-order valence-electron chi connectivity index (χ3n) is 6.35. The lowest BCUT2D eigenvalue weighted by Gasteiger charge is -2.27. The highest BCUT2D eigenvalue weighted by Gasteiger charge is 2.45. The van der Waals surface area contributed by atoms with Gasteiger partial charge in [0, 0.05) is 19.4 Å². The lowest BCUT2D eigenvalue weighted by molar-refractivity contribution is -0.0440. The largest absolute Gasteiger partial charge is 0.479 e. The van der Waals surface area contributed by atoms with Crippen LogP contribution in [0.4, 0.5) is 5.82 Å². The van der Waals surface area contributed by atoms with Gasteiger partial charge in [0.1, 0.15) is 31.0 Å². The molecule has 1 saturated heterocycles. The van der Waals surface area contributed by atoms with Crippen molar-refractivity contribution in [1.29, 1.82) is 0 Å². The fraction of sp³-hybridized carbons (Fsp3) is 0.739. The van der Waals surface area contributed by atoms with Crippen LogP contribution in [0.15, 0.2) is 11.5 Å². The summed E-state index contributed by atoms with van der Waals surface area (Å²) in [5.41, 5.74) is 6.92.